The lowest BCUT2D eigenvalue weighted by molar-refractivity contribution is 1.27. The second-order valence-electron chi connectivity index (χ2n) is 3.88. The number of rotatable bonds is 2. The molecule has 3 aromatic rings. The summed E-state index contributed by atoms with van der Waals surface area (Å²) < 4.78 is 0. The molecule has 0 radical (unpaired) electrons. The van der Waals surface area contributed by atoms with E-state index in [0.717, 1.165) is 22.4 Å². The second kappa shape index (κ2) is 5.84. The van der Waals surface area contributed by atoms with Gasteiger partial charge in [0.15, 0.2) is 0 Å². The molecule has 0 fully saturated rings. The third-order valence-corrected chi connectivity index (χ3v) is 2.72. The molecule has 0 spiro atoms. The molecule has 4 nitrogen and oxygen atoms in total. The van der Waals surface area contributed by atoms with Gasteiger partial charge in [0.1, 0.15) is 0 Å². The average Bonchev–Trinajstić information content (AvgIpc) is 2.49. The Morgan fingerprint density at radius 3 is 1.95 bits per heavy atom. The van der Waals surface area contributed by atoms with Crippen molar-refractivity contribution < 1.29 is 0 Å². The molecule has 3 N–H and O–H groups in total. The molecule has 0 bridgehead atoms. The Hall–Kier alpha value is -2.59. The van der Waals surface area contributed by atoms with Gasteiger partial charge in [-0.3, -0.25) is 15.0 Å². The molecule has 0 unspecified atom stereocenters. The van der Waals surface area contributed by atoms with E-state index in [2.05, 4.69) is 15.0 Å². The standard InChI is InChI=1S/C15H11N3.H3N/c1-4-12(10-16-7-1)14-6-3-9-18-15(14)13-5-2-8-17-11-13;/h1-11H;1H3. The van der Waals surface area contributed by atoms with Gasteiger partial charge in [0, 0.05) is 47.7 Å². The highest BCUT2D eigenvalue weighted by Crippen LogP contribution is 2.28. The van der Waals surface area contributed by atoms with E-state index in [1.54, 1.807) is 18.6 Å². The van der Waals surface area contributed by atoms with Crippen LogP contribution in [0.4, 0.5) is 0 Å². The Labute approximate surface area is 111 Å². The summed E-state index contributed by atoms with van der Waals surface area (Å²) in [6.45, 7) is 0. The van der Waals surface area contributed by atoms with Crippen LogP contribution in [0.3, 0.4) is 0 Å². The number of hydrogen-bond acceptors (Lipinski definition) is 4. The zero-order chi connectivity index (χ0) is 12.2. The molecule has 0 saturated carbocycles. The predicted molar refractivity (Wildman–Crippen MR) is 75.7 cm³/mol. The van der Waals surface area contributed by atoms with Crippen molar-refractivity contribution in [3.05, 3.63) is 67.4 Å². The molecule has 3 rings (SSSR count). The monoisotopic (exact) mass is 250 g/mol. The third kappa shape index (κ3) is 2.64. The van der Waals surface area contributed by atoms with Crippen LogP contribution in [0.15, 0.2) is 67.4 Å². The normalized spacial score (nSPS) is 9.68. The lowest BCUT2D eigenvalue weighted by atomic mass is 10.0. The first kappa shape index (κ1) is 12.9. The minimum absolute atomic E-state index is 0. The van der Waals surface area contributed by atoms with Crippen molar-refractivity contribution >= 4 is 0 Å². The summed E-state index contributed by atoms with van der Waals surface area (Å²) in [7, 11) is 0. The van der Waals surface area contributed by atoms with Gasteiger partial charge in [-0.1, -0.05) is 12.1 Å². The summed E-state index contributed by atoms with van der Waals surface area (Å²) in [5.74, 6) is 0. The largest absolute Gasteiger partial charge is 0.344 e. The number of nitrogens with zero attached hydrogens (tertiary/aromatic N) is 3. The Morgan fingerprint density at radius 1 is 0.684 bits per heavy atom. The SMILES string of the molecule is N.c1cncc(-c2cccnc2-c2cccnc2)c1. The first-order valence-corrected chi connectivity index (χ1v) is 5.71. The zero-order valence-corrected chi connectivity index (χ0v) is 10.4. The fourth-order valence-corrected chi connectivity index (χ4v) is 1.89. The van der Waals surface area contributed by atoms with E-state index in [-0.39, 0.29) is 6.15 Å². The number of hydrogen-bond donors (Lipinski definition) is 1. The van der Waals surface area contributed by atoms with Gasteiger partial charge < -0.3 is 6.15 Å². The van der Waals surface area contributed by atoms with Crippen LogP contribution in [-0.2, 0) is 0 Å². The number of pyridine rings is 3. The summed E-state index contributed by atoms with van der Waals surface area (Å²) in [5, 5.41) is 0. The van der Waals surface area contributed by atoms with Crippen LogP contribution in [0.1, 0.15) is 0 Å². The predicted octanol–water partition coefficient (Wildman–Crippen LogP) is 3.37. The minimum Gasteiger partial charge on any atom is -0.344 e. The minimum atomic E-state index is 0. The Balaban J connectivity index is 0.00000133. The van der Waals surface area contributed by atoms with Crippen molar-refractivity contribution in [1.82, 2.24) is 21.1 Å². The molecule has 0 saturated heterocycles. The van der Waals surface area contributed by atoms with Gasteiger partial charge in [0.05, 0.1) is 5.69 Å². The van der Waals surface area contributed by atoms with Gasteiger partial charge in [-0.05, 0) is 24.3 Å². The highest BCUT2D eigenvalue weighted by molar-refractivity contribution is 5.79. The molecular weight excluding hydrogens is 236 g/mol. The highest BCUT2D eigenvalue weighted by Gasteiger charge is 2.07. The molecule has 4 heteroatoms. The molecule has 0 aromatic carbocycles. The molecule has 3 heterocycles. The quantitative estimate of drug-likeness (QED) is 0.756. The second-order valence-corrected chi connectivity index (χ2v) is 3.88. The topological polar surface area (TPSA) is 73.7 Å². The van der Waals surface area contributed by atoms with Gasteiger partial charge >= 0.3 is 0 Å². The summed E-state index contributed by atoms with van der Waals surface area (Å²) in [4.78, 5) is 12.8. The highest BCUT2D eigenvalue weighted by atomic mass is 14.7. The van der Waals surface area contributed by atoms with Crippen molar-refractivity contribution in [3.8, 4) is 22.4 Å². The molecule has 0 atom stereocenters. The average molecular weight is 250 g/mol. The molecule has 3 aromatic heterocycles. The van der Waals surface area contributed by atoms with Crippen LogP contribution in [0, 0.1) is 0 Å². The molecule has 0 aliphatic rings. The molecule has 0 amide bonds. The Morgan fingerprint density at radius 2 is 1.32 bits per heavy atom. The van der Waals surface area contributed by atoms with Crippen LogP contribution < -0.4 is 6.15 Å². The van der Waals surface area contributed by atoms with E-state index in [0.29, 0.717) is 0 Å². The van der Waals surface area contributed by atoms with Crippen LogP contribution in [-0.4, -0.2) is 15.0 Å². The summed E-state index contributed by atoms with van der Waals surface area (Å²) in [6, 6.07) is 11.9. The van der Waals surface area contributed by atoms with Crippen molar-refractivity contribution in [2.75, 3.05) is 0 Å². The molecule has 94 valence electrons. The summed E-state index contributed by atoms with van der Waals surface area (Å²) >= 11 is 0. The molecule has 19 heavy (non-hydrogen) atoms. The van der Waals surface area contributed by atoms with Gasteiger partial charge in [-0.25, -0.2) is 0 Å². The maximum absolute atomic E-state index is 4.46. The van der Waals surface area contributed by atoms with Crippen LogP contribution in [0.5, 0.6) is 0 Å². The number of aromatic nitrogens is 3. The van der Waals surface area contributed by atoms with Crippen LogP contribution >= 0.6 is 0 Å². The van der Waals surface area contributed by atoms with Crippen LogP contribution in [0.2, 0.25) is 0 Å². The van der Waals surface area contributed by atoms with Crippen LogP contribution in [0.25, 0.3) is 22.4 Å². The maximum Gasteiger partial charge on any atom is 0.0796 e. The van der Waals surface area contributed by atoms with E-state index < -0.39 is 0 Å². The Kier molecular flexibility index (Phi) is 3.95. The van der Waals surface area contributed by atoms with Gasteiger partial charge in [0.25, 0.3) is 0 Å². The molecular formula is C15H14N4. The van der Waals surface area contributed by atoms with Crippen molar-refractivity contribution in [1.29, 1.82) is 0 Å². The first-order chi connectivity index (χ1) is 8.95. The van der Waals surface area contributed by atoms with Crippen molar-refractivity contribution in [2.24, 2.45) is 0 Å². The maximum atomic E-state index is 4.46. The lowest BCUT2D eigenvalue weighted by Crippen LogP contribution is -1.89. The zero-order valence-electron chi connectivity index (χ0n) is 10.4. The third-order valence-electron chi connectivity index (χ3n) is 2.72. The fraction of sp³-hybridized carbons (Fsp3) is 0. The van der Waals surface area contributed by atoms with Gasteiger partial charge in [0.2, 0.25) is 0 Å². The lowest BCUT2D eigenvalue weighted by Gasteiger charge is -2.07. The molecule has 0 aliphatic carbocycles. The van der Waals surface area contributed by atoms with E-state index in [1.807, 2.05) is 48.8 Å². The van der Waals surface area contributed by atoms with E-state index in [4.69, 9.17) is 0 Å². The fourth-order valence-electron chi connectivity index (χ4n) is 1.89. The van der Waals surface area contributed by atoms with Gasteiger partial charge in [-0.15, -0.1) is 0 Å². The first-order valence-electron chi connectivity index (χ1n) is 5.71. The molecule has 0 aliphatic heterocycles. The Bertz CT molecular complexity index is 580. The summed E-state index contributed by atoms with van der Waals surface area (Å²) in [6.07, 6.45) is 8.99. The van der Waals surface area contributed by atoms with E-state index in [9.17, 15) is 0 Å². The van der Waals surface area contributed by atoms with E-state index in [1.165, 1.54) is 0 Å². The smallest absolute Gasteiger partial charge is 0.0796 e. The van der Waals surface area contributed by atoms with E-state index >= 15 is 0 Å². The van der Waals surface area contributed by atoms with Gasteiger partial charge in [-0.2, -0.15) is 0 Å². The summed E-state index contributed by atoms with van der Waals surface area (Å²) in [5.41, 5.74) is 4.07. The van der Waals surface area contributed by atoms with Crippen molar-refractivity contribution in [3.63, 3.8) is 0 Å². The van der Waals surface area contributed by atoms with Crippen molar-refractivity contribution in [2.45, 2.75) is 0 Å².